The number of carbonyl (C=O) groups excluding carboxylic acids is 1. The molecule has 1 aromatic rings. The average molecular weight is 433 g/mol. The summed E-state index contributed by atoms with van der Waals surface area (Å²) in [4.78, 5) is 25.7. The van der Waals surface area contributed by atoms with Crippen LogP contribution in [-0.4, -0.2) is 80.3 Å². The lowest BCUT2D eigenvalue weighted by Gasteiger charge is -2.41. The molecule has 7 heteroatoms. The molecule has 1 heterocycles. The molecule has 0 spiro atoms. The van der Waals surface area contributed by atoms with E-state index in [4.69, 9.17) is 19.4 Å². The number of carboxylic acid groups (broad SMARTS) is 1. The maximum absolute atomic E-state index is 12.9. The minimum atomic E-state index is -0.250. The number of likely N-dealkylation sites (tertiary alicyclic amines) is 1. The predicted octanol–water partition coefficient (Wildman–Crippen LogP) is 2.53. The van der Waals surface area contributed by atoms with Gasteiger partial charge in [-0.25, -0.2) is 0 Å². The zero-order valence-corrected chi connectivity index (χ0v) is 18.9. The minimum absolute atomic E-state index is 0.236. The lowest BCUT2D eigenvalue weighted by atomic mass is 9.77. The van der Waals surface area contributed by atoms with E-state index in [9.17, 15) is 4.79 Å². The van der Waals surface area contributed by atoms with Gasteiger partial charge in [0.2, 0.25) is 5.91 Å². The fourth-order valence-corrected chi connectivity index (χ4v) is 4.93. The highest BCUT2D eigenvalue weighted by Crippen LogP contribution is 2.40. The Hall–Kier alpha value is -2.12. The standard InChI is InChI=1S/C23H34N2O3.CH2O2/c1-24(2)21-11-18-13-25(14-19(18)12-22(21)28-15-16-7-8-16)23(26)10-17-5-4-6-20(9-17)27-3;2-1-3/h4-6,9,16,18-19,21-22H,7-8,10-15H2,1-3H3;1H,(H,2,3)/t18-,19+,21-,22-;/m1./s1. The SMILES string of the molecule is COc1cccc(CC(=O)N2C[C@H]3C[C@@H](N(C)C)[C@H](OCC4CC4)C[C@H]3C2)c1.O=CO. The third-order valence-corrected chi connectivity index (χ3v) is 6.83. The van der Waals surface area contributed by atoms with E-state index in [0.29, 0.717) is 30.4 Å². The van der Waals surface area contributed by atoms with E-state index in [1.54, 1.807) is 7.11 Å². The van der Waals surface area contributed by atoms with E-state index in [1.807, 2.05) is 24.3 Å². The molecule has 0 unspecified atom stereocenters. The second-order valence-electron chi connectivity index (χ2n) is 9.27. The Balaban J connectivity index is 0.000000858. The molecule has 0 bridgehead atoms. The highest BCUT2D eigenvalue weighted by atomic mass is 16.5. The van der Waals surface area contributed by atoms with Gasteiger partial charge in [0, 0.05) is 25.7 Å². The summed E-state index contributed by atoms with van der Waals surface area (Å²) >= 11 is 0. The van der Waals surface area contributed by atoms with Crippen LogP contribution in [0, 0.1) is 17.8 Å². The maximum atomic E-state index is 12.9. The number of methoxy groups -OCH3 is 1. The van der Waals surface area contributed by atoms with Crippen molar-refractivity contribution in [1.82, 2.24) is 9.80 Å². The van der Waals surface area contributed by atoms with Gasteiger partial charge in [-0.1, -0.05) is 12.1 Å². The molecule has 7 nitrogen and oxygen atoms in total. The highest BCUT2D eigenvalue weighted by Gasteiger charge is 2.44. The quantitative estimate of drug-likeness (QED) is 0.667. The first-order valence-corrected chi connectivity index (χ1v) is 11.2. The molecule has 4 atom stereocenters. The van der Waals surface area contributed by atoms with Crippen molar-refractivity contribution in [3.8, 4) is 5.75 Å². The van der Waals surface area contributed by atoms with Crippen LogP contribution in [0.4, 0.5) is 0 Å². The lowest BCUT2D eigenvalue weighted by Crippen LogP contribution is -2.48. The van der Waals surface area contributed by atoms with Gasteiger partial charge >= 0.3 is 0 Å². The number of ether oxygens (including phenoxy) is 2. The Morgan fingerprint density at radius 2 is 1.90 bits per heavy atom. The largest absolute Gasteiger partial charge is 0.497 e. The van der Waals surface area contributed by atoms with Crippen molar-refractivity contribution in [2.24, 2.45) is 17.8 Å². The van der Waals surface area contributed by atoms with Gasteiger partial charge < -0.3 is 24.4 Å². The third kappa shape index (κ3) is 6.43. The van der Waals surface area contributed by atoms with E-state index in [1.165, 1.54) is 12.8 Å². The van der Waals surface area contributed by atoms with E-state index >= 15 is 0 Å². The van der Waals surface area contributed by atoms with Gasteiger partial charge in [0.25, 0.3) is 6.47 Å². The van der Waals surface area contributed by atoms with Gasteiger partial charge in [-0.15, -0.1) is 0 Å². The van der Waals surface area contributed by atoms with E-state index in [2.05, 4.69) is 23.9 Å². The lowest BCUT2D eigenvalue weighted by molar-refractivity contribution is -0.129. The summed E-state index contributed by atoms with van der Waals surface area (Å²) in [5, 5.41) is 6.89. The Labute approximate surface area is 185 Å². The van der Waals surface area contributed by atoms with Crippen molar-refractivity contribution in [3.05, 3.63) is 29.8 Å². The molecule has 31 heavy (non-hydrogen) atoms. The number of nitrogens with zero attached hydrogens (tertiary/aromatic N) is 2. The first-order chi connectivity index (χ1) is 14.9. The number of amides is 1. The maximum Gasteiger partial charge on any atom is 0.290 e. The van der Waals surface area contributed by atoms with E-state index in [0.717, 1.165) is 49.8 Å². The van der Waals surface area contributed by atoms with Crippen LogP contribution in [0.3, 0.4) is 0 Å². The molecule has 0 radical (unpaired) electrons. The first kappa shape index (κ1) is 23.5. The molecule has 0 aromatic heterocycles. The van der Waals surface area contributed by atoms with Crippen molar-refractivity contribution >= 4 is 12.4 Å². The van der Waals surface area contributed by atoms with Crippen LogP contribution in [0.15, 0.2) is 24.3 Å². The van der Waals surface area contributed by atoms with Gasteiger partial charge in [-0.3, -0.25) is 9.59 Å². The number of fused-ring (bicyclic) bond motifs is 1. The van der Waals surface area contributed by atoms with Crippen molar-refractivity contribution in [3.63, 3.8) is 0 Å². The van der Waals surface area contributed by atoms with Crippen molar-refractivity contribution in [1.29, 1.82) is 0 Å². The summed E-state index contributed by atoms with van der Waals surface area (Å²) in [6, 6.07) is 8.31. The van der Waals surface area contributed by atoms with Crippen molar-refractivity contribution < 1.29 is 24.2 Å². The van der Waals surface area contributed by atoms with Gasteiger partial charge in [-0.05, 0) is 75.2 Å². The summed E-state index contributed by atoms with van der Waals surface area (Å²) in [6.07, 6.45) is 5.65. The number of benzene rings is 1. The van der Waals surface area contributed by atoms with E-state index in [-0.39, 0.29) is 12.4 Å². The van der Waals surface area contributed by atoms with Crippen molar-refractivity contribution in [2.75, 3.05) is 40.9 Å². The molecule has 1 N–H and O–H groups in total. The second kappa shape index (κ2) is 11.0. The highest BCUT2D eigenvalue weighted by molar-refractivity contribution is 5.79. The molecule has 2 saturated carbocycles. The molecule has 3 fully saturated rings. The van der Waals surface area contributed by atoms with Gasteiger partial charge in [-0.2, -0.15) is 0 Å². The molecular formula is C24H36N2O5. The zero-order chi connectivity index (χ0) is 22.4. The zero-order valence-electron chi connectivity index (χ0n) is 18.9. The minimum Gasteiger partial charge on any atom is -0.497 e. The Bertz CT molecular complexity index is 736. The van der Waals surface area contributed by atoms with Crippen LogP contribution < -0.4 is 4.74 Å². The third-order valence-electron chi connectivity index (χ3n) is 6.83. The predicted molar refractivity (Wildman–Crippen MR) is 118 cm³/mol. The summed E-state index contributed by atoms with van der Waals surface area (Å²) in [6.45, 7) is 2.45. The molecule has 1 aromatic carbocycles. The summed E-state index contributed by atoms with van der Waals surface area (Å²) in [5.41, 5.74) is 1.02. The molecule has 3 aliphatic rings. The van der Waals surface area contributed by atoms with Gasteiger partial charge in [0.05, 0.1) is 19.6 Å². The first-order valence-electron chi connectivity index (χ1n) is 11.2. The van der Waals surface area contributed by atoms with Gasteiger partial charge in [0.1, 0.15) is 5.75 Å². The molecule has 1 aliphatic heterocycles. The fraction of sp³-hybridized carbons (Fsp3) is 0.667. The topological polar surface area (TPSA) is 79.3 Å². The van der Waals surface area contributed by atoms with E-state index < -0.39 is 0 Å². The molecule has 2 aliphatic carbocycles. The molecule has 1 saturated heterocycles. The number of hydrogen-bond donors (Lipinski definition) is 1. The summed E-state index contributed by atoms with van der Waals surface area (Å²) in [5.74, 6) is 3.02. The smallest absolute Gasteiger partial charge is 0.290 e. The van der Waals surface area contributed by atoms with Crippen LogP contribution in [-0.2, 0) is 20.7 Å². The summed E-state index contributed by atoms with van der Waals surface area (Å²) < 4.78 is 11.6. The van der Waals surface area contributed by atoms with Crippen LogP contribution in [0.25, 0.3) is 0 Å². The van der Waals surface area contributed by atoms with Crippen LogP contribution in [0.5, 0.6) is 5.75 Å². The monoisotopic (exact) mass is 432 g/mol. The number of hydrogen-bond acceptors (Lipinski definition) is 5. The van der Waals surface area contributed by atoms with Crippen molar-refractivity contribution in [2.45, 2.75) is 44.2 Å². The Morgan fingerprint density at radius 3 is 2.52 bits per heavy atom. The Morgan fingerprint density at radius 1 is 1.23 bits per heavy atom. The fourth-order valence-electron chi connectivity index (χ4n) is 4.93. The number of carbonyl (C=O) groups is 2. The van der Waals surface area contributed by atoms with Gasteiger partial charge in [0.15, 0.2) is 0 Å². The Kier molecular flexibility index (Phi) is 8.32. The average Bonchev–Trinajstić information content (AvgIpc) is 3.49. The molecule has 1 amide bonds. The number of likely N-dealkylation sites (N-methyl/N-ethyl adjacent to an activating group) is 1. The van der Waals surface area contributed by atoms with Crippen LogP contribution in [0.2, 0.25) is 0 Å². The normalized spacial score (nSPS) is 27.3. The molecule has 4 rings (SSSR count). The second-order valence-corrected chi connectivity index (χ2v) is 9.27. The van der Waals surface area contributed by atoms with Crippen LogP contribution >= 0.6 is 0 Å². The number of rotatable bonds is 7. The molecular weight excluding hydrogens is 396 g/mol. The van der Waals surface area contributed by atoms with Crippen LogP contribution in [0.1, 0.15) is 31.2 Å². The summed E-state index contributed by atoms with van der Waals surface area (Å²) in [7, 11) is 5.99. The molecule has 172 valence electrons.